The molecular formula is C3H2Al2O10. The summed E-state index contributed by atoms with van der Waals surface area (Å²) in [5, 5.41) is 50.0. The molecule has 0 unspecified atom stereocenters. The Morgan fingerprint density at radius 2 is 0.533 bits per heavy atom. The van der Waals surface area contributed by atoms with E-state index in [1.165, 1.54) is 0 Å². The second-order valence-corrected chi connectivity index (χ2v) is 0.750. The standard InChI is InChI=1S/3CH2O3.2Al.H2O/c3*2-1(3)4;;;/h3*(H2,2,3,4);;;1H2/q;;;2*+3;/p-6. The van der Waals surface area contributed by atoms with Crippen molar-refractivity contribution in [1.82, 2.24) is 0 Å². The van der Waals surface area contributed by atoms with Crippen LogP contribution in [0.25, 0.3) is 0 Å². The van der Waals surface area contributed by atoms with Gasteiger partial charge in [-0.25, -0.2) is 0 Å². The molecule has 0 atom stereocenters. The molecular weight excluding hydrogens is 250 g/mol. The Balaban J connectivity index is -0.0000000184. The van der Waals surface area contributed by atoms with Crippen molar-refractivity contribution in [2.45, 2.75) is 0 Å². The summed E-state index contributed by atoms with van der Waals surface area (Å²) in [6, 6.07) is 0. The van der Waals surface area contributed by atoms with Crippen molar-refractivity contribution >= 4 is 53.2 Å². The van der Waals surface area contributed by atoms with E-state index in [-0.39, 0.29) is 40.2 Å². The van der Waals surface area contributed by atoms with Crippen LogP contribution in [0.3, 0.4) is 0 Å². The number of carbonyl (C=O) groups excluding carboxylic acids is 3. The molecule has 0 aromatic carbocycles. The van der Waals surface area contributed by atoms with Gasteiger partial charge in [0.1, 0.15) is 0 Å². The zero-order valence-corrected chi connectivity index (χ0v) is 9.14. The van der Waals surface area contributed by atoms with Crippen molar-refractivity contribution < 1.29 is 50.5 Å². The third-order valence-electron chi connectivity index (χ3n) is 0. The molecule has 0 heterocycles. The molecule has 0 radical (unpaired) electrons. The average Bonchev–Trinajstić information content (AvgIpc) is 1.54. The normalized spacial score (nSPS) is 4.80. The van der Waals surface area contributed by atoms with E-state index in [4.69, 9.17) is 45.0 Å². The van der Waals surface area contributed by atoms with Gasteiger partial charge in [-0.2, -0.15) is 0 Å². The van der Waals surface area contributed by atoms with Crippen LogP contribution in [-0.4, -0.2) is 58.7 Å². The number of carboxylic acid groups (broad SMARTS) is 6. The molecule has 0 aromatic rings. The fourth-order valence-electron chi connectivity index (χ4n) is 0. The van der Waals surface area contributed by atoms with Crippen molar-refractivity contribution in [2.75, 3.05) is 0 Å². The molecule has 0 amide bonds. The van der Waals surface area contributed by atoms with Crippen molar-refractivity contribution in [3.05, 3.63) is 0 Å². The summed E-state index contributed by atoms with van der Waals surface area (Å²) in [5.74, 6) is 0. The molecule has 0 fully saturated rings. The van der Waals surface area contributed by atoms with Gasteiger partial charge in [0.2, 0.25) is 0 Å². The maximum Gasteiger partial charge on any atom is 3.00 e. The molecule has 0 rings (SSSR count). The molecule has 0 aromatic heterocycles. The molecule has 15 heavy (non-hydrogen) atoms. The number of hydrogen-bond donors (Lipinski definition) is 0. The maximum atomic E-state index is 8.33. The van der Waals surface area contributed by atoms with E-state index in [1.807, 2.05) is 0 Å². The van der Waals surface area contributed by atoms with E-state index >= 15 is 0 Å². The minimum atomic E-state index is -2.33. The number of carbonyl (C=O) groups is 3. The summed E-state index contributed by atoms with van der Waals surface area (Å²) in [4.78, 5) is 25.0. The Labute approximate surface area is 104 Å². The largest absolute Gasteiger partial charge is 3.00 e. The summed E-state index contributed by atoms with van der Waals surface area (Å²) in [5.41, 5.74) is 0. The van der Waals surface area contributed by atoms with Gasteiger partial charge < -0.3 is 50.5 Å². The Morgan fingerprint density at radius 3 is 0.533 bits per heavy atom. The molecule has 10 nitrogen and oxygen atoms in total. The van der Waals surface area contributed by atoms with E-state index in [0.29, 0.717) is 0 Å². The van der Waals surface area contributed by atoms with E-state index in [0.717, 1.165) is 0 Å². The Morgan fingerprint density at radius 1 is 0.533 bits per heavy atom. The molecule has 0 spiro atoms. The van der Waals surface area contributed by atoms with E-state index in [9.17, 15) is 0 Å². The van der Waals surface area contributed by atoms with Gasteiger partial charge >= 0.3 is 34.7 Å². The molecule has 80 valence electrons. The quantitative estimate of drug-likeness (QED) is 0.372. The summed E-state index contributed by atoms with van der Waals surface area (Å²) < 4.78 is 0. The zero-order chi connectivity index (χ0) is 10.7. The predicted molar refractivity (Wildman–Crippen MR) is 31.3 cm³/mol. The van der Waals surface area contributed by atoms with Crippen LogP contribution in [0, 0.1) is 0 Å². The number of rotatable bonds is 0. The van der Waals surface area contributed by atoms with Crippen LogP contribution < -0.4 is 30.6 Å². The Kier molecular flexibility index (Phi) is 72.5. The minimum Gasteiger partial charge on any atom is -0.652 e. The molecule has 0 bridgehead atoms. The summed E-state index contributed by atoms with van der Waals surface area (Å²) >= 11 is 0. The van der Waals surface area contributed by atoms with Crippen molar-refractivity contribution in [1.29, 1.82) is 0 Å². The monoisotopic (exact) mass is 252 g/mol. The van der Waals surface area contributed by atoms with E-state index < -0.39 is 18.5 Å². The van der Waals surface area contributed by atoms with E-state index in [1.54, 1.807) is 0 Å². The fourth-order valence-corrected chi connectivity index (χ4v) is 0. The molecule has 0 aliphatic carbocycles. The van der Waals surface area contributed by atoms with Gasteiger partial charge in [-0.15, -0.1) is 0 Å². The second kappa shape index (κ2) is 29.3. The smallest absolute Gasteiger partial charge is 0.652 e. The molecule has 0 saturated carbocycles. The first-order valence-corrected chi connectivity index (χ1v) is 1.84. The molecule has 0 aliphatic heterocycles. The first-order valence-electron chi connectivity index (χ1n) is 1.84. The summed E-state index contributed by atoms with van der Waals surface area (Å²) in [7, 11) is 0. The number of hydrogen-bond acceptors (Lipinski definition) is 9. The van der Waals surface area contributed by atoms with Crippen LogP contribution in [0.1, 0.15) is 0 Å². The third kappa shape index (κ3) is 1110. The summed E-state index contributed by atoms with van der Waals surface area (Å²) in [6.45, 7) is 0. The Hall–Kier alpha value is -1.17. The van der Waals surface area contributed by atoms with E-state index in [2.05, 4.69) is 0 Å². The van der Waals surface area contributed by atoms with Gasteiger partial charge in [-0.3, -0.25) is 0 Å². The SMILES string of the molecule is O.O=C([O-])[O-].O=C([O-])[O-].O=C([O-])[O-].[Al+3].[Al+3]. The minimum absolute atomic E-state index is 0. The van der Waals surface area contributed by atoms with Gasteiger partial charge in [-0.05, 0) is 18.5 Å². The summed E-state index contributed by atoms with van der Waals surface area (Å²) in [6.07, 6.45) is -7.00. The maximum absolute atomic E-state index is 8.33. The van der Waals surface area contributed by atoms with Gasteiger partial charge in [0, 0.05) is 0 Å². The van der Waals surface area contributed by atoms with Crippen molar-refractivity contribution in [3.63, 3.8) is 0 Å². The molecule has 2 N–H and O–H groups in total. The van der Waals surface area contributed by atoms with Gasteiger partial charge in [-0.1, -0.05) is 0 Å². The second-order valence-electron chi connectivity index (χ2n) is 0.750. The van der Waals surface area contributed by atoms with Crippen LogP contribution >= 0.6 is 0 Å². The van der Waals surface area contributed by atoms with Crippen LogP contribution in [0.15, 0.2) is 0 Å². The topological polar surface area (TPSA) is 221 Å². The predicted octanol–water partition coefficient (Wildman–Crippen LogP) is -8.93. The van der Waals surface area contributed by atoms with Crippen LogP contribution in [-0.2, 0) is 0 Å². The third-order valence-corrected chi connectivity index (χ3v) is 0. The first-order chi connectivity index (χ1) is 5.20. The van der Waals surface area contributed by atoms with Crippen molar-refractivity contribution in [2.24, 2.45) is 0 Å². The van der Waals surface area contributed by atoms with Gasteiger partial charge in [0.25, 0.3) is 0 Å². The average molecular weight is 252 g/mol. The zero-order valence-electron chi connectivity index (χ0n) is 6.83. The van der Waals surface area contributed by atoms with Gasteiger partial charge in [0.05, 0.1) is 0 Å². The molecule has 12 heteroatoms. The Bertz CT molecular complexity index is 116. The molecule has 0 aliphatic rings. The van der Waals surface area contributed by atoms with Crippen LogP contribution in [0.2, 0.25) is 0 Å². The molecule has 0 saturated heterocycles. The van der Waals surface area contributed by atoms with Crippen molar-refractivity contribution in [3.8, 4) is 0 Å². The van der Waals surface area contributed by atoms with Gasteiger partial charge in [0.15, 0.2) is 0 Å². The van der Waals surface area contributed by atoms with Crippen LogP contribution in [0.5, 0.6) is 0 Å². The fraction of sp³-hybridized carbons (Fsp3) is 0. The first kappa shape index (κ1) is 37.1. The van der Waals surface area contributed by atoms with Crippen LogP contribution in [0.4, 0.5) is 14.4 Å².